The maximum absolute atomic E-state index is 13.8. The summed E-state index contributed by atoms with van der Waals surface area (Å²) in [5.41, 5.74) is 3.18. The molecule has 8 nitrogen and oxygen atoms in total. The van der Waals surface area contributed by atoms with Gasteiger partial charge in [-0.25, -0.2) is 0 Å². The number of para-hydroxylation sites is 1. The van der Waals surface area contributed by atoms with E-state index in [0.717, 1.165) is 61.4 Å². The molecule has 2 bridgehead atoms. The third-order valence-corrected chi connectivity index (χ3v) is 7.54. The molecule has 1 saturated heterocycles. The highest BCUT2D eigenvalue weighted by Gasteiger charge is 2.37. The summed E-state index contributed by atoms with van der Waals surface area (Å²) >= 11 is 0. The minimum absolute atomic E-state index is 0.0103. The molecule has 4 heterocycles. The standard InChI is InChI=1S/C29H35N5O3/c1-3-8-26-17-27(31-37-26)29(36)32-18-22-9-4-5-11-28(22)33(21(2)35)16-14-24-12-13-25(20-32)34(24)19-23-10-6-7-15-30-23/h4-7,9-11,15,17,24-25H,3,8,12-14,16,18-20H2,1-2H3/t24-,25+/m0/s1. The van der Waals surface area contributed by atoms with Crippen LogP contribution in [0.1, 0.15) is 67.0 Å². The van der Waals surface area contributed by atoms with Crippen LogP contribution in [0.25, 0.3) is 0 Å². The highest BCUT2D eigenvalue weighted by Crippen LogP contribution is 2.32. The van der Waals surface area contributed by atoms with E-state index in [2.05, 4.69) is 28.0 Å². The van der Waals surface area contributed by atoms with Crippen LogP contribution < -0.4 is 4.90 Å². The summed E-state index contributed by atoms with van der Waals surface area (Å²) in [6.07, 6.45) is 6.38. The first-order valence-corrected chi connectivity index (χ1v) is 13.3. The average molecular weight is 502 g/mol. The molecule has 0 aliphatic carbocycles. The maximum Gasteiger partial charge on any atom is 0.276 e. The highest BCUT2D eigenvalue weighted by molar-refractivity contribution is 5.94. The lowest BCUT2D eigenvalue weighted by atomic mass is 10.1. The van der Waals surface area contributed by atoms with Crippen molar-refractivity contribution in [3.05, 3.63) is 77.4 Å². The number of nitrogens with zero attached hydrogens (tertiary/aromatic N) is 5. The molecule has 37 heavy (non-hydrogen) atoms. The zero-order valence-electron chi connectivity index (χ0n) is 21.7. The smallest absolute Gasteiger partial charge is 0.276 e. The minimum Gasteiger partial charge on any atom is -0.361 e. The largest absolute Gasteiger partial charge is 0.361 e. The normalized spacial score (nSPS) is 20.4. The van der Waals surface area contributed by atoms with Gasteiger partial charge in [0.25, 0.3) is 5.91 Å². The molecule has 8 heteroatoms. The Morgan fingerprint density at radius 2 is 1.86 bits per heavy atom. The van der Waals surface area contributed by atoms with Crippen LogP contribution in [-0.4, -0.2) is 56.9 Å². The lowest BCUT2D eigenvalue weighted by Gasteiger charge is -2.33. The fraction of sp³-hybridized carbons (Fsp3) is 0.448. The average Bonchev–Trinajstić information content (AvgIpc) is 3.51. The SMILES string of the molecule is CCCc1cc(C(=O)N2Cc3ccccc3N(C(C)=O)CC[C@@H]3CC[C@H](C2)N3Cc2ccccn2)no1. The molecule has 3 aromatic rings. The third kappa shape index (κ3) is 5.59. The van der Waals surface area contributed by atoms with Gasteiger partial charge in [0.2, 0.25) is 5.91 Å². The molecular weight excluding hydrogens is 466 g/mol. The molecule has 1 fully saturated rings. The molecule has 0 radical (unpaired) electrons. The number of carbonyl (C=O) groups is 2. The molecule has 2 atom stereocenters. The van der Waals surface area contributed by atoms with Crippen LogP contribution in [0.2, 0.25) is 0 Å². The molecule has 1 aromatic carbocycles. The van der Waals surface area contributed by atoms with Gasteiger partial charge in [-0.15, -0.1) is 0 Å². The van der Waals surface area contributed by atoms with Crippen LogP contribution in [0, 0.1) is 0 Å². The molecule has 2 aliphatic rings. The van der Waals surface area contributed by atoms with Crippen LogP contribution in [0.3, 0.4) is 0 Å². The van der Waals surface area contributed by atoms with E-state index in [4.69, 9.17) is 4.52 Å². The Kier molecular flexibility index (Phi) is 7.65. The number of hydrogen-bond donors (Lipinski definition) is 0. The van der Waals surface area contributed by atoms with Gasteiger partial charge in [-0.2, -0.15) is 0 Å². The van der Waals surface area contributed by atoms with Gasteiger partial charge in [-0.05, 0) is 49.4 Å². The number of aryl methyl sites for hydroxylation is 1. The monoisotopic (exact) mass is 501 g/mol. The van der Waals surface area contributed by atoms with Crippen LogP contribution in [0.5, 0.6) is 0 Å². The number of fused-ring (bicyclic) bond motifs is 3. The first kappa shape index (κ1) is 25.1. The van der Waals surface area contributed by atoms with Crippen LogP contribution in [0.4, 0.5) is 5.69 Å². The zero-order chi connectivity index (χ0) is 25.8. The minimum atomic E-state index is -0.143. The van der Waals surface area contributed by atoms with Crippen molar-refractivity contribution in [3.8, 4) is 0 Å². The van der Waals surface area contributed by atoms with Gasteiger partial charge in [-0.3, -0.25) is 19.5 Å². The van der Waals surface area contributed by atoms with E-state index in [1.807, 2.05) is 52.4 Å². The van der Waals surface area contributed by atoms with Gasteiger partial charge in [-0.1, -0.05) is 36.3 Å². The van der Waals surface area contributed by atoms with Crippen molar-refractivity contribution in [1.82, 2.24) is 19.9 Å². The predicted octanol–water partition coefficient (Wildman–Crippen LogP) is 4.45. The first-order valence-electron chi connectivity index (χ1n) is 13.3. The fourth-order valence-electron chi connectivity index (χ4n) is 5.71. The number of benzene rings is 1. The Balaban J connectivity index is 1.52. The summed E-state index contributed by atoms with van der Waals surface area (Å²) in [5.74, 6) is 0.594. The number of amides is 2. The Bertz CT molecular complexity index is 1230. The zero-order valence-corrected chi connectivity index (χ0v) is 21.7. The predicted molar refractivity (Wildman–Crippen MR) is 141 cm³/mol. The second-order valence-corrected chi connectivity index (χ2v) is 10.1. The van der Waals surface area contributed by atoms with Gasteiger partial charge in [0, 0.05) is 69.6 Å². The summed E-state index contributed by atoms with van der Waals surface area (Å²) in [6.45, 7) is 6.02. The lowest BCUT2D eigenvalue weighted by molar-refractivity contribution is -0.116. The number of anilines is 1. The molecule has 2 amide bonds. The Morgan fingerprint density at radius 3 is 2.65 bits per heavy atom. The molecule has 0 spiro atoms. The van der Waals surface area contributed by atoms with Gasteiger partial charge in [0.1, 0.15) is 5.76 Å². The van der Waals surface area contributed by atoms with E-state index in [0.29, 0.717) is 31.4 Å². The summed E-state index contributed by atoms with van der Waals surface area (Å²) in [5, 5.41) is 4.12. The van der Waals surface area contributed by atoms with Gasteiger partial charge >= 0.3 is 0 Å². The number of carbonyl (C=O) groups excluding carboxylic acids is 2. The number of rotatable bonds is 5. The molecule has 0 N–H and O–H groups in total. The Morgan fingerprint density at radius 1 is 1.05 bits per heavy atom. The fourth-order valence-corrected chi connectivity index (χ4v) is 5.71. The van der Waals surface area contributed by atoms with Crippen molar-refractivity contribution >= 4 is 17.5 Å². The highest BCUT2D eigenvalue weighted by atomic mass is 16.5. The Hall–Kier alpha value is -3.52. The Labute approximate surface area is 218 Å². The lowest BCUT2D eigenvalue weighted by Crippen LogP contribution is -2.45. The topological polar surface area (TPSA) is 82.8 Å². The van der Waals surface area contributed by atoms with E-state index in [1.165, 1.54) is 0 Å². The maximum atomic E-state index is 13.8. The van der Waals surface area contributed by atoms with Crippen LogP contribution >= 0.6 is 0 Å². The molecule has 2 aliphatic heterocycles. The molecular formula is C29H35N5O3. The molecule has 0 saturated carbocycles. The second-order valence-electron chi connectivity index (χ2n) is 10.1. The summed E-state index contributed by atoms with van der Waals surface area (Å²) in [7, 11) is 0. The molecule has 2 aromatic heterocycles. The summed E-state index contributed by atoms with van der Waals surface area (Å²) < 4.78 is 5.45. The van der Waals surface area contributed by atoms with Crippen molar-refractivity contribution in [2.24, 2.45) is 0 Å². The molecule has 0 unspecified atom stereocenters. The molecule has 194 valence electrons. The summed E-state index contributed by atoms with van der Waals surface area (Å²) in [6, 6.07) is 16.2. The number of pyridine rings is 1. The number of aromatic nitrogens is 2. The van der Waals surface area contributed by atoms with Crippen molar-refractivity contribution in [1.29, 1.82) is 0 Å². The van der Waals surface area contributed by atoms with Crippen LogP contribution in [0.15, 0.2) is 59.3 Å². The van der Waals surface area contributed by atoms with Crippen molar-refractivity contribution in [2.75, 3.05) is 18.0 Å². The van der Waals surface area contributed by atoms with E-state index in [9.17, 15) is 9.59 Å². The van der Waals surface area contributed by atoms with Crippen LogP contribution in [-0.2, 0) is 24.3 Å². The van der Waals surface area contributed by atoms with Crippen molar-refractivity contribution < 1.29 is 14.1 Å². The van der Waals surface area contributed by atoms with E-state index >= 15 is 0 Å². The number of hydrogen-bond acceptors (Lipinski definition) is 6. The van der Waals surface area contributed by atoms with Gasteiger partial charge in [0.05, 0.1) is 5.69 Å². The second kappa shape index (κ2) is 11.3. The third-order valence-electron chi connectivity index (χ3n) is 7.54. The summed E-state index contributed by atoms with van der Waals surface area (Å²) in [4.78, 5) is 37.4. The van der Waals surface area contributed by atoms with Crippen molar-refractivity contribution in [2.45, 2.75) is 71.1 Å². The first-order chi connectivity index (χ1) is 18.0. The molecule has 5 rings (SSSR count). The quantitative estimate of drug-likeness (QED) is 0.514. The van der Waals surface area contributed by atoms with E-state index < -0.39 is 0 Å². The van der Waals surface area contributed by atoms with Gasteiger partial charge in [0.15, 0.2) is 5.69 Å². The van der Waals surface area contributed by atoms with E-state index in [1.54, 1.807) is 13.0 Å². The van der Waals surface area contributed by atoms with Crippen molar-refractivity contribution in [3.63, 3.8) is 0 Å². The van der Waals surface area contributed by atoms with E-state index in [-0.39, 0.29) is 17.9 Å². The van der Waals surface area contributed by atoms with Gasteiger partial charge < -0.3 is 14.3 Å².